The maximum absolute atomic E-state index is 11.2. The predicted molar refractivity (Wildman–Crippen MR) is 83.4 cm³/mol. The number of hydrazine groups is 1. The molecule has 1 aromatic carbocycles. The number of aldehydes is 1. The van der Waals surface area contributed by atoms with Crippen LogP contribution >= 0.6 is 0 Å². The summed E-state index contributed by atoms with van der Waals surface area (Å²) in [6, 6.07) is 10.0. The molecule has 3 N–H and O–H groups in total. The summed E-state index contributed by atoms with van der Waals surface area (Å²) in [5, 5.41) is 0. The number of benzene rings is 1. The third-order valence-electron chi connectivity index (χ3n) is 3.43. The van der Waals surface area contributed by atoms with Crippen LogP contribution in [0.2, 0.25) is 0 Å². The van der Waals surface area contributed by atoms with Gasteiger partial charge in [-0.1, -0.05) is 30.3 Å². The van der Waals surface area contributed by atoms with Gasteiger partial charge in [-0.3, -0.25) is 10.2 Å². The fraction of sp³-hybridized carbons (Fsp3) is 0.500. The van der Waals surface area contributed by atoms with E-state index in [-0.39, 0.29) is 11.8 Å². The zero-order chi connectivity index (χ0) is 15.5. The largest absolute Gasteiger partial charge is 0.306 e. The van der Waals surface area contributed by atoms with Crippen LogP contribution in [0.5, 0.6) is 0 Å². The monoisotopic (exact) mass is 291 g/mol. The van der Waals surface area contributed by atoms with E-state index in [2.05, 4.69) is 10.3 Å². The van der Waals surface area contributed by atoms with Crippen molar-refractivity contribution < 1.29 is 9.59 Å². The maximum atomic E-state index is 11.2. The molecule has 116 valence electrons. The van der Waals surface area contributed by atoms with Crippen LogP contribution in [0.3, 0.4) is 0 Å². The highest BCUT2D eigenvalue weighted by atomic mass is 16.2. The Kier molecular flexibility index (Phi) is 8.31. The molecule has 0 aliphatic heterocycles. The van der Waals surface area contributed by atoms with Crippen LogP contribution in [0, 0.1) is 5.92 Å². The van der Waals surface area contributed by atoms with Crippen molar-refractivity contribution in [1.82, 2.24) is 10.3 Å². The second kappa shape index (κ2) is 10.1. The first kappa shape index (κ1) is 17.3. The molecule has 0 aliphatic carbocycles. The molecule has 0 heterocycles. The number of hydrogen-bond acceptors (Lipinski definition) is 4. The normalized spacial score (nSPS) is 12.1. The minimum atomic E-state index is -0.132. The molecule has 0 aromatic heterocycles. The third-order valence-corrected chi connectivity index (χ3v) is 3.43. The van der Waals surface area contributed by atoms with Gasteiger partial charge in [-0.2, -0.15) is 0 Å². The quantitative estimate of drug-likeness (QED) is 0.223. The molecule has 0 fully saturated rings. The fourth-order valence-corrected chi connectivity index (χ4v) is 2.30. The molecule has 21 heavy (non-hydrogen) atoms. The molecule has 1 atom stereocenters. The van der Waals surface area contributed by atoms with Crippen LogP contribution in [-0.2, 0) is 16.0 Å². The van der Waals surface area contributed by atoms with E-state index < -0.39 is 0 Å². The molecule has 5 nitrogen and oxygen atoms in total. The lowest BCUT2D eigenvalue weighted by atomic mass is 10.00. The lowest BCUT2D eigenvalue weighted by molar-refractivity contribution is -0.121. The fourth-order valence-electron chi connectivity index (χ4n) is 2.30. The Labute approximate surface area is 126 Å². The van der Waals surface area contributed by atoms with Gasteiger partial charge < -0.3 is 9.69 Å². The Morgan fingerprint density at radius 3 is 2.67 bits per heavy atom. The van der Waals surface area contributed by atoms with E-state index in [0.717, 1.165) is 38.6 Å². The van der Waals surface area contributed by atoms with Gasteiger partial charge >= 0.3 is 0 Å². The lowest BCUT2D eigenvalue weighted by Crippen LogP contribution is -2.30. The first-order valence-electron chi connectivity index (χ1n) is 7.33. The van der Waals surface area contributed by atoms with Gasteiger partial charge in [0.2, 0.25) is 5.91 Å². The van der Waals surface area contributed by atoms with Crippen molar-refractivity contribution in [2.75, 3.05) is 20.1 Å². The molecule has 0 spiro atoms. The Hall–Kier alpha value is -1.72. The van der Waals surface area contributed by atoms with Crippen molar-refractivity contribution in [2.45, 2.75) is 25.7 Å². The highest BCUT2D eigenvalue weighted by molar-refractivity contribution is 5.75. The zero-order valence-electron chi connectivity index (χ0n) is 12.6. The number of amides is 1. The molecule has 1 amide bonds. The first-order chi connectivity index (χ1) is 10.2. The van der Waals surface area contributed by atoms with E-state index in [1.807, 2.05) is 37.4 Å². The predicted octanol–water partition coefficient (Wildman–Crippen LogP) is 1.14. The lowest BCUT2D eigenvalue weighted by Gasteiger charge is -2.20. The third kappa shape index (κ3) is 7.58. The SMILES string of the molecule is CN(CCCCC(=O)NN)CC(C=O)Cc1ccccc1. The number of rotatable bonds is 10. The number of unbranched alkanes of at least 4 members (excludes halogenated alkanes) is 1. The Bertz CT molecular complexity index is 423. The summed E-state index contributed by atoms with van der Waals surface area (Å²) in [6.07, 6.45) is 3.97. The number of hydrogen-bond donors (Lipinski definition) is 2. The number of nitrogens with two attached hydrogens (primary N) is 1. The van der Waals surface area contributed by atoms with Crippen LogP contribution in [0.25, 0.3) is 0 Å². The molecule has 1 unspecified atom stereocenters. The van der Waals surface area contributed by atoms with Gasteiger partial charge in [-0.05, 0) is 38.4 Å². The van der Waals surface area contributed by atoms with Crippen molar-refractivity contribution >= 4 is 12.2 Å². The summed E-state index contributed by atoms with van der Waals surface area (Å²) < 4.78 is 0. The van der Waals surface area contributed by atoms with Crippen LogP contribution in [0.4, 0.5) is 0 Å². The average Bonchev–Trinajstić information content (AvgIpc) is 2.51. The highest BCUT2D eigenvalue weighted by Gasteiger charge is 2.11. The van der Waals surface area contributed by atoms with Gasteiger partial charge in [-0.15, -0.1) is 0 Å². The van der Waals surface area contributed by atoms with Gasteiger partial charge in [0, 0.05) is 18.9 Å². The zero-order valence-corrected chi connectivity index (χ0v) is 12.6. The van der Waals surface area contributed by atoms with Crippen LogP contribution in [-0.4, -0.2) is 37.2 Å². The molecule has 1 rings (SSSR count). The Balaban J connectivity index is 2.26. The van der Waals surface area contributed by atoms with Gasteiger partial charge in [0.25, 0.3) is 0 Å². The number of nitrogens with zero attached hydrogens (tertiary/aromatic N) is 1. The second-order valence-electron chi connectivity index (χ2n) is 5.37. The average molecular weight is 291 g/mol. The summed E-state index contributed by atoms with van der Waals surface area (Å²) in [6.45, 7) is 1.61. The van der Waals surface area contributed by atoms with E-state index in [9.17, 15) is 9.59 Å². The van der Waals surface area contributed by atoms with Crippen LogP contribution in [0.1, 0.15) is 24.8 Å². The van der Waals surface area contributed by atoms with Crippen molar-refractivity contribution in [3.05, 3.63) is 35.9 Å². The summed E-state index contributed by atoms with van der Waals surface area (Å²) in [5.74, 6) is 4.89. The first-order valence-corrected chi connectivity index (χ1v) is 7.33. The number of carbonyl (C=O) groups is 2. The van der Waals surface area contributed by atoms with Crippen molar-refractivity contribution in [3.8, 4) is 0 Å². The van der Waals surface area contributed by atoms with E-state index in [1.54, 1.807) is 0 Å². The van der Waals surface area contributed by atoms with Crippen LogP contribution < -0.4 is 11.3 Å². The van der Waals surface area contributed by atoms with E-state index in [1.165, 1.54) is 5.56 Å². The van der Waals surface area contributed by atoms with E-state index in [0.29, 0.717) is 6.42 Å². The summed E-state index contributed by atoms with van der Waals surface area (Å²) in [4.78, 5) is 24.3. The maximum Gasteiger partial charge on any atom is 0.233 e. The molecule has 0 saturated carbocycles. The van der Waals surface area contributed by atoms with Gasteiger partial charge in [-0.25, -0.2) is 5.84 Å². The summed E-state index contributed by atoms with van der Waals surface area (Å²) >= 11 is 0. The Morgan fingerprint density at radius 1 is 1.33 bits per heavy atom. The minimum Gasteiger partial charge on any atom is -0.306 e. The highest BCUT2D eigenvalue weighted by Crippen LogP contribution is 2.09. The van der Waals surface area contributed by atoms with E-state index in [4.69, 9.17) is 5.84 Å². The molecule has 0 aliphatic rings. The van der Waals surface area contributed by atoms with Crippen molar-refractivity contribution in [3.63, 3.8) is 0 Å². The van der Waals surface area contributed by atoms with Gasteiger partial charge in [0.1, 0.15) is 6.29 Å². The van der Waals surface area contributed by atoms with Gasteiger partial charge in [0.15, 0.2) is 0 Å². The van der Waals surface area contributed by atoms with Gasteiger partial charge in [0.05, 0.1) is 0 Å². The molecular weight excluding hydrogens is 266 g/mol. The molecule has 1 aromatic rings. The number of carbonyl (C=O) groups excluding carboxylic acids is 2. The second-order valence-corrected chi connectivity index (χ2v) is 5.37. The molecule has 5 heteroatoms. The van der Waals surface area contributed by atoms with E-state index >= 15 is 0 Å². The Morgan fingerprint density at radius 2 is 2.05 bits per heavy atom. The number of nitrogens with one attached hydrogen (secondary N) is 1. The van der Waals surface area contributed by atoms with Crippen molar-refractivity contribution in [1.29, 1.82) is 0 Å². The summed E-state index contributed by atoms with van der Waals surface area (Å²) in [5.41, 5.74) is 3.31. The van der Waals surface area contributed by atoms with Crippen LogP contribution in [0.15, 0.2) is 30.3 Å². The molecular formula is C16H25N3O2. The summed E-state index contributed by atoms with van der Waals surface area (Å²) in [7, 11) is 2.00. The topological polar surface area (TPSA) is 75.4 Å². The van der Waals surface area contributed by atoms with Crippen molar-refractivity contribution in [2.24, 2.45) is 11.8 Å². The standard InChI is InChI=1S/C16H25N3O2/c1-19(10-6-5-9-16(21)18-17)12-15(13-20)11-14-7-3-2-4-8-14/h2-4,7-8,13,15H,5-6,9-12,17H2,1H3,(H,18,21). The molecule has 0 saturated heterocycles. The molecule has 0 radical (unpaired) electrons. The minimum absolute atomic E-state index is 0.00439. The molecule has 0 bridgehead atoms. The smallest absolute Gasteiger partial charge is 0.233 e.